The number of carbonyl (C=O) groups excluding carboxylic acids is 1. The Balaban J connectivity index is 1.83. The van der Waals surface area contributed by atoms with Gasteiger partial charge in [0, 0.05) is 30.5 Å². The molecule has 2 N–H and O–H groups in total. The summed E-state index contributed by atoms with van der Waals surface area (Å²) in [6, 6.07) is 8.23. The summed E-state index contributed by atoms with van der Waals surface area (Å²) in [4.78, 5) is 13.7. The number of unbranched alkanes of at least 4 members (excludes halogenated alkanes) is 1. The van der Waals surface area contributed by atoms with Crippen LogP contribution in [-0.2, 0) is 17.8 Å². The minimum absolute atomic E-state index is 0.00254. The zero-order valence-electron chi connectivity index (χ0n) is 13.2. The molecule has 0 spiro atoms. The highest BCUT2D eigenvalue weighted by molar-refractivity contribution is 5.82. The summed E-state index contributed by atoms with van der Waals surface area (Å²) >= 11 is 0. The molecule has 2 aromatic rings. The molecule has 3 rings (SSSR count). The quantitative estimate of drug-likeness (QED) is 0.892. The summed E-state index contributed by atoms with van der Waals surface area (Å²) in [7, 11) is 0. The molecule has 1 atom stereocenters. The van der Waals surface area contributed by atoms with Crippen molar-refractivity contribution in [2.75, 3.05) is 13.1 Å². The smallest absolute Gasteiger partial charge is 0.221 e. The van der Waals surface area contributed by atoms with Gasteiger partial charge in [-0.25, -0.2) is 0 Å². The molecular weight excluding hydrogens is 276 g/mol. The Morgan fingerprint density at radius 1 is 1.41 bits per heavy atom. The van der Waals surface area contributed by atoms with Crippen LogP contribution in [0, 0.1) is 5.92 Å². The first-order valence-corrected chi connectivity index (χ1v) is 8.20. The first kappa shape index (κ1) is 15.1. The average Bonchev–Trinajstić information content (AvgIpc) is 3.11. The summed E-state index contributed by atoms with van der Waals surface area (Å²) in [5.41, 5.74) is 7.69. The summed E-state index contributed by atoms with van der Waals surface area (Å²) in [5.74, 6) is 0.925. The summed E-state index contributed by atoms with van der Waals surface area (Å²) in [6.07, 6.45) is 4.14. The molecule has 1 aliphatic heterocycles. The molecule has 0 saturated carbocycles. The van der Waals surface area contributed by atoms with E-state index in [1.54, 1.807) is 0 Å². The lowest BCUT2D eigenvalue weighted by molar-refractivity contribution is -0.121. The number of fused-ring (bicyclic) bond motifs is 1. The predicted octanol–water partition coefficient (Wildman–Crippen LogP) is 3.08. The van der Waals surface area contributed by atoms with E-state index in [0.29, 0.717) is 0 Å². The maximum Gasteiger partial charge on any atom is 0.221 e. The molecule has 1 amide bonds. The van der Waals surface area contributed by atoms with Crippen molar-refractivity contribution in [2.45, 2.75) is 39.2 Å². The number of para-hydroxylation sites is 1. The average molecular weight is 300 g/mol. The minimum Gasteiger partial charge on any atom is -0.461 e. The number of amides is 1. The van der Waals surface area contributed by atoms with E-state index in [-0.39, 0.29) is 11.8 Å². The molecular formula is C18H24N2O2. The van der Waals surface area contributed by atoms with Gasteiger partial charge in [-0.15, -0.1) is 0 Å². The topological polar surface area (TPSA) is 59.5 Å². The van der Waals surface area contributed by atoms with E-state index in [0.717, 1.165) is 56.7 Å². The van der Waals surface area contributed by atoms with Gasteiger partial charge in [0.2, 0.25) is 5.91 Å². The van der Waals surface area contributed by atoms with Crippen LogP contribution in [-0.4, -0.2) is 23.9 Å². The van der Waals surface area contributed by atoms with E-state index < -0.39 is 0 Å². The Hall–Kier alpha value is -1.81. The number of rotatable bonds is 6. The third kappa shape index (κ3) is 3.02. The first-order chi connectivity index (χ1) is 10.7. The van der Waals surface area contributed by atoms with Crippen molar-refractivity contribution in [3.63, 3.8) is 0 Å². The molecule has 1 saturated heterocycles. The number of likely N-dealkylation sites (tertiary alicyclic amines) is 1. The van der Waals surface area contributed by atoms with Crippen LogP contribution in [0.15, 0.2) is 28.7 Å². The first-order valence-electron chi connectivity index (χ1n) is 8.20. The van der Waals surface area contributed by atoms with Gasteiger partial charge in [-0.2, -0.15) is 0 Å². The Morgan fingerprint density at radius 3 is 2.95 bits per heavy atom. The molecule has 4 heteroatoms. The van der Waals surface area contributed by atoms with Gasteiger partial charge in [-0.3, -0.25) is 9.69 Å². The van der Waals surface area contributed by atoms with Gasteiger partial charge in [0.1, 0.15) is 11.3 Å². The number of nitrogens with zero attached hydrogens (tertiary/aromatic N) is 1. The monoisotopic (exact) mass is 300 g/mol. The van der Waals surface area contributed by atoms with Crippen molar-refractivity contribution in [1.29, 1.82) is 0 Å². The van der Waals surface area contributed by atoms with E-state index in [4.69, 9.17) is 10.2 Å². The van der Waals surface area contributed by atoms with Gasteiger partial charge >= 0.3 is 0 Å². The van der Waals surface area contributed by atoms with E-state index in [1.807, 2.05) is 12.1 Å². The van der Waals surface area contributed by atoms with Gasteiger partial charge in [0.25, 0.3) is 0 Å². The van der Waals surface area contributed by atoms with Crippen LogP contribution in [0.2, 0.25) is 0 Å². The second-order valence-corrected chi connectivity index (χ2v) is 6.23. The van der Waals surface area contributed by atoms with Gasteiger partial charge in [-0.1, -0.05) is 31.5 Å². The fraction of sp³-hybridized carbons (Fsp3) is 0.500. The van der Waals surface area contributed by atoms with Crippen molar-refractivity contribution in [3.05, 3.63) is 35.6 Å². The molecule has 1 aromatic heterocycles. The number of hydrogen-bond acceptors (Lipinski definition) is 3. The van der Waals surface area contributed by atoms with E-state index in [2.05, 4.69) is 24.0 Å². The normalized spacial score (nSPS) is 19.0. The zero-order chi connectivity index (χ0) is 15.5. The number of aryl methyl sites for hydroxylation is 1. The zero-order valence-corrected chi connectivity index (χ0v) is 13.2. The number of primary amides is 1. The second kappa shape index (κ2) is 6.53. The number of hydrogen-bond donors (Lipinski definition) is 1. The predicted molar refractivity (Wildman–Crippen MR) is 87.4 cm³/mol. The van der Waals surface area contributed by atoms with Crippen LogP contribution in [0.25, 0.3) is 11.0 Å². The van der Waals surface area contributed by atoms with Crippen LogP contribution in [0.3, 0.4) is 0 Å². The number of nitrogens with two attached hydrogens (primary N) is 1. The molecule has 1 fully saturated rings. The van der Waals surface area contributed by atoms with Crippen LogP contribution in [0.5, 0.6) is 0 Å². The Labute approximate surface area is 131 Å². The Bertz CT molecular complexity index is 662. The lowest BCUT2D eigenvalue weighted by Crippen LogP contribution is -2.27. The van der Waals surface area contributed by atoms with Crippen molar-refractivity contribution in [2.24, 2.45) is 11.7 Å². The third-order valence-electron chi connectivity index (χ3n) is 4.60. The molecule has 2 heterocycles. The lowest BCUT2D eigenvalue weighted by atomic mass is 10.1. The molecule has 1 aliphatic rings. The number of furan rings is 1. The fourth-order valence-electron chi connectivity index (χ4n) is 3.29. The van der Waals surface area contributed by atoms with Gasteiger partial charge in [-0.05, 0) is 25.5 Å². The van der Waals surface area contributed by atoms with E-state index >= 15 is 0 Å². The second-order valence-electron chi connectivity index (χ2n) is 6.23. The highest BCUT2D eigenvalue weighted by Gasteiger charge is 2.28. The number of benzene rings is 1. The van der Waals surface area contributed by atoms with Crippen LogP contribution in [0.1, 0.15) is 37.5 Å². The van der Waals surface area contributed by atoms with Gasteiger partial charge in [0.05, 0.1) is 5.92 Å². The third-order valence-corrected chi connectivity index (χ3v) is 4.60. The highest BCUT2D eigenvalue weighted by Crippen LogP contribution is 2.30. The van der Waals surface area contributed by atoms with E-state index in [1.165, 1.54) is 10.9 Å². The van der Waals surface area contributed by atoms with E-state index in [9.17, 15) is 4.79 Å². The molecule has 1 aromatic carbocycles. The largest absolute Gasteiger partial charge is 0.461 e. The van der Waals surface area contributed by atoms with Crippen molar-refractivity contribution in [3.8, 4) is 0 Å². The molecule has 0 radical (unpaired) electrons. The van der Waals surface area contributed by atoms with Crippen molar-refractivity contribution < 1.29 is 9.21 Å². The lowest BCUT2D eigenvalue weighted by Gasteiger charge is -2.15. The molecule has 0 bridgehead atoms. The maximum atomic E-state index is 11.3. The molecule has 0 aliphatic carbocycles. The fourth-order valence-corrected chi connectivity index (χ4v) is 3.29. The van der Waals surface area contributed by atoms with Crippen LogP contribution >= 0.6 is 0 Å². The molecule has 22 heavy (non-hydrogen) atoms. The maximum absolute atomic E-state index is 11.3. The summed E-state index contributed by atoms with van der Waals surface area (Å²) in [6.45, 7) is 4.74. The van der Waals surface area contributed by atoms with Crippen molar-refractivity contribution >= 4 is 16.9 Å². The number of carbonyl (C=O) groups is 1. The molecule has 118 valence electrons. The van der Waals surface area contributed by atoms with Crippen molar-refractivity contribution in [1.82, 2.24) is 4.90 Å². The summed E-state index contributed by atoms with van der Waals surface area (Å²) < 4.78 is 6.07. The molecule has 1 unspecified atom stereocenters. The van der Waals surface area contributed by atoms with Gasteiger partial charge in [0.15, 0.2) is 0 Å². The van der Waals surface area contributed by atoms with Crippen LogP contribution < -0.4 is 5.73 Å². The Morgan fingerprint density at radius 2 is 2.23 bits per heavy atom. The van der Waals surface area contributed by atoms with Gasteiger partial charge < -0.3 is 10.2 Å². The minimum atomic E-state index is -0.175. The standard InChI is InChI=1S/C18H24N2O2/c1-2-3-7-17-15(14-6-4-5-8-16(14)22-17)12-20-10-9-13(11-20)18(19)21/h4-6,8,13H,2-3,7,9-12H2,1H3,(H2,19,21). The SMILES string of the molecule is CCCCc1oc2ccccc2c1CN1CCC(C(N)=O)C1. The highest BCUT2D eigenvalue weighted by atomic mass is 16.3. The van der Waals surface area contributed by atoms with Crippen LogP contribution in [0.4, 0.5) is 0 Å². The summed E-state index contributed by atoms with van der Waals surface area (Å²) in [5, 5.41) is 1.20. The molecule has 4 nitrogen and oxygen atoms in total. The Kier molecular flexibility index (Phi) is 4.48.